The minimum Gasteiger partial charge on any atom is -0.371 e. The van der Waals surface area contributed by atoms with Crippen molar-refractivity contribution >= 4 is 11.6 Å². The lowest BCUT2D eigenvalue weighted by atomic mass is 9.96. The smallest absolute Gasteiger partial charge is 0.371 e. The average molecular weight is 419 g/mol. The zero-order valence-electron chi connectivity index (χ0n) is 17.5. The van der Waals surface area contributed by atoms with Crippen molar-refractivity contribution in [3.05, 3.63) is 65.9 Å². The van der Waals surface area contributed by atoms with Crippen LogP contribution in [0.25, 0.3) is 0 Å². The molecule has 0 saturated carbocycles. The maximum absolute atomic E-state index is 13.7. The van der Waals surface area contributed by atoms with E-state index in [4.69, 9.17) is 0 Å². The Bertz CT molecular complexity index is 819. The Balaban J connectivity index is 1.80. The summed E-state index contributed by atoms with van der Waals surface area (Å²) in [5.41, 5.74) is 0.529. The molecule has 0 bridgehead atoms. The van der Waals surface area contributed by atoms with E-state index in [0.29, 0.717) is 38.8 Å². The number of anilines is 1. The molecule has 6 heteroatoms. The number of alkyl halides is 3. The highest BCUT2D eigenvalue weighted by molar-refractivity contribution is 5.93. The summed E-state index contributed by atoms with van der Waals surface area (Å²) in [6, 6.07) is 9.51. The number of carbonyl (C=O) groups is 1. The molecule has 0 radical (unpaired) electrons. The Hall–Kier alpha value is -2.50. The van der Waals surface area contributed by atoms with Crippen LogP contribution < -0.4 is 4.90 Å². The Morgan fingerprint density at radius 1 is 1.17 bits per heavy atom. The van der Waals surface area contributed by atoms with Gasteiger partial charge in [-0.25, -0.2) is 0 Å². The summed E-state index contributed by atoms with van der Waals surface area (Å²) in [4.78, 5) is 16.3. The number of para-hydroxylation sites is 1. The van der Waals surface area contributed by atoms with Crippen molar-refractivity contribution in [3.8, 4) is 0 Å². The van der Waals surface area contributed by atoms with E-state index in [1.165, 1.54) is 12.2 Å². The van der Waals surface area contributed by atoms with Gasteiger partial charge in [0.25, 0.3) is 0 Å². The Morgan fingerprint density at radius 3 is 2.43 bits per heavy atom. The topological polar surface area (TPSA) is 23.6 Å². The summed E-state index contributed by atoms with van der Waals surface area (Å²) in [7, 11) is 0. The number of halogens is 3. The van der Waals surface area contributed by atoms with Gasteiger partial charge in [0.05, 0.1) is 5.57 Å². The summed E-state index contributed by atoms with van der Waals surface area (Å²) in [5.74, 6) is 0.235. The third-order valence-electron chi connectivity index (χ3n) is 5.74. The van der Waals surface area contributed by atoms with Crippen molar-refractivity contribution in [1.82, 2.24) is 4.90 Å². The van der Waals surface area contributed by atoms with E-state index < -0.39 is 11.7 Å². The molecule has 1 aromatic carbocycles. The van der Waals surface area contributed by atoms with Gasteiger partial charge >= 0.3 is 6.18 Å². The fourth-order valence-corrected chi connectivity index (χ4v) is 4.13. The third kappa shape index (κ3) is 5.15. The number of carbonyl (C=O) groups excluding carboxylic acids is 1. The van der Waals surface area contributed by atoms with Crippen LogP contribution in [0.5, 0.6) is 0 Å². The number of hydrogen-bond acceptors (Lipinski definition) is 2. The standard InChI is InChI=1S/C24H29F3N2O/c1-3-23(30)29(19-9-5-4-6-10-19)20-14-16-28(17-15-20)22-13-12-18(2)8-7-11-21(22)24(25,26)27/h4-11,13,18,20H,3,12,14-17H2,1-2H3. The van der Waals surface area contributed by atoms with Crippen molar-refractivity contribution in [3.63, 3.8) is 0 Å². The molecule has 0 aromatic heterocycles. The number of rotatable bonds is 4. The second kappa shape index (κ2) is 9.54. The first-order valence-corrected chi connectivity index (χ1v) is 10.6. The lowest BCUT2D eigenvalue weighted by molar-refractivity contribution is -0.119. The number of allylic oxidation sites excluding steroid dienone is 5. The van der Waals surface area contributed by atoms with Gasteiger partial charge in [-0.2, -0.15) is 13.2 Å². The van der Waals surface area contributed by atoms with Crippen LogP contribution in [0.15, 0.2) is 65.9 Å². The highest BCUT2D eigenvalue weighted by atomic mass is 19.4. The van der Waals surface area contributed by atoms with Crippen molar-refractivity contribution < 1.29 is 18.0 Å². The van der Waals surface area contributed by atoms with Crippen LogP contribution in [0.1, 0.15) is 39.5 Å². The largest absolute Gasteiger partial charge is 0.418 e. The van der Waals surface area contributed by atoms with Crippen LogP contribution in [0.4, 0.5) is 18.9 Å². The molecule has 1 saturated heterocycles. The maximum atomic E-state index is 13.7. The van der Waals surface area contributed by atoms with Crippen LogP contribution in [0.2, 0.25) is 0 Å². The molecule has 3 rings (SSSR count). The van der Waals surface area contributed by atoms with Gasteiger partial charge in [0.15, 0.2) is 0 Å². The van der Waals surface area contributed by atoms with Crippen LogP contribution >= 0.6 is 0 Å². The number of piperidine rings is 1. The van der Waals surface area contributed by atoms with Gasteiger partial charge in [-0.05, 0) is 43.4 Å². The zero-order valence-corrected chi connectivity index (χ0v) is 17.5. The SMILES string of the molecule is CCC(=O)N(c1ccccc1)C1CCN(C2=CCC(C)C=CC=C2C(F)(F)F)CC1. The molecular weight excluding hydrogens is 389 g/mol. The van der Waals surface area contributed by atoms with Crippen LogP contribution in [0.3, 0.4) is 0 Å². The first kappa shape index (κ1) is 22.2. The van der Waals surface area contributed by atoms with Gasteiger partial charge in [0.1, 0.15) is 0 Å². The fraction of sp³-hybridized carbons (Fsp3) is 0.458. The average Bonchev–Trinajstić information content (AvgIpc) is 2.71. The van der Waals surface area contributed by atoms with E-state index in [9.17, 15) is 18.0 Å². The summed E-state index contributed by atoms with van der Waals surface area (Å²) >= 11 is 0. The molecule has 162 valence electrons. The van der Waals surface area contributed by atoms with Gasteiger partial charge in [-0.15, -0.1) is 0 Å². The van der Waals surface area contributed by atoms with Gasteiger partial charge in [-0.1, -0.05) is 50.3 Å². The van der Waals surface area contributed by atoms with E-state index in [0.717, 1.165) is 5.69 Å². The quantitative estimate of drug-likeness (QED) is 0.611. The minimum atomic E-state index is -4.40. The molecule has 0 N–H and O–H groups in total. The maximum Gasteiger partial charge on any atom is 0.418 e. The zero-order chi connectivity index (χ0) is 21.7. The molecule has 1 heterocycles. The molecule has 1 unspecified atom stereocenters. The monoisotopic (exact) mass is 418 g/mol. The van der Waals surface area contributed by atoms with Crippen LogP contribution in [0, 0.1) is 5.92 Å². The molecule has 1 aliphatic carbocycles. The van der Waals surface area contributed by atoms with Crippen molar-refractivity contribution in [2.45, 2.75) is 51.7 Å². The number of nitrogens with zero attached hydrogens (tertiary/aromatic N) is 2. The van der Waals surface area contributed by atoms with Crippen LogP contribution in [-0.4, -0.2) is 36.1 Å². The van der Waals surface area contributed by atoms with Gasteiger partial charge in [-0.3, -0.25) is 4.79 Å². The molecule has 1 aromatic rings. The molecule has 1 amide bonds. The number of hydrogen-bond donors (Lipinski definition) is 0. The third-order valence-corrected chi connectivity index (χ3v) is 5.74. The second-order valence-corrected chi connectivity index (χ2v) is 7.94. The Kier molecular flexibility index (Phi) is 7.06. The predicted octanol–water partition coefficient (Wildman–Crippen LogP) is 5.86. The van der Waals surface area contributed by atoms with Crippen molar-refractivity contribution in [2.24, 2.45) is 5.92 Å². The first-order valence-electron chi connectivity index (χ1n) is 10.6. The Labute approximate surface area is 176 Å². The molecule has 3 nitrogen and oxygen atoms in total. The summed E-state index contributed by atoms with van der Waals surface area (Å²) in [6.07, 6.45) is 4.06. The van der Waals surface area contributed by atoms with E-state index in [1.54, 1.807) is 12.2 Å². The molecule has 1 fully saturated rings. The van der Waals surface area contributed by atoms with E-state index in [-0.39, 0.29) is 23.6 Å². The summed E-state index contributed by atoms with van der Waals surface area (Å²) in [5, 5.41) is 0. The molecule has 1 aliphatic heterocycles. The van der Waals surface area contributed by atoms with E-state index in [1.807, 2.05) is 54.0 Å². The number of amides is 1. The molecule has 2 aliphatic rings. The second-order valence-electron chi connectivity index (χ2n) is 7.94. The highest BCUT2D eigenvalue weighted by Gasteiger charge is 2.39. The van der Waals surface area contributed by atoms with Crippen LogP contribution in [-0.2, 0) is 4.79 Å². The lowest BCUT2D eigenvalue weighted by Gasteiger charge is -2.41. The normalized spacial score (nSPS) is 20.8. The lowest BCUT2D eigenvalue weighted by Crippen LogP contribution is -2.47. The number of benzene rings is 1. The van der Waals surface area contributed by atoms with Crippen molar-refractivity contribution in [1.29, 1.82) is 0 Å². The minimum absolute atomic E-state index is 0.0117. The highest BCUT2D eigenvalue weighted by Crippen LogP contribution is 2.36. The summed E-state index contributed by atoms with van der Waals surface area (Å²) < 4.78 is 41.1. The van der Waals surface area contributed by atoms with Gasteiger partial charge in [0.2, 0.25) is 5.91 Å². The molecule has 1 atom stereocenters. The Morgan fingerprint density at radius 2 is 1.83 bits per heavy atom. The first-order chi connectivity index (χ1) is 14.3. The van der Waals surface area contributed by atoms with Gasteiger partial charge in [0, 0.05) is 36.9 Å². The molecule has 0 spiro atoms. The van der Waals surface area contributed by atoms with Crippen molar-refractivity contribution in [2.75, 3.05) is 18.0 Å². The van der Waals surface area contributed by atoms with Gasteiger partial charge < -0.3 is 9.80 Å². The predicted molar refractivity (Wildman–Crippen MR) is 114 cm³/mol. The summed E-state index contributed by atoms with van der Waals surface area (Å²) in [6.45, 7) is 4.81. The van der Waals surface area contributed by atoms with E-state index in [2.05, 4.69) is 0 Å². The number of likely N-dealkylation sites (tertiary alicyclic amines) is 1. The van der Waals surface area contributed by atoms with E-state index >= 15 is 0 Å². The molecule has 30 heavy (non-hydrogen) atoms. The molecular formula is C24H29F3N2O. The fourth-order valence-electron chi connectivity index (χ4n) is 4.13.